The summed E-state index contributed by atoms with van der Waals surface area (Å²) < 4.78 is 0.822. The number of nitrogens with zero attached hydrogens (tertiary/aromatic N) is 2. The molecule has 0 aromatic carbocycles. The minimum atomic E-state index is -0.751. The van der Waals surface area contributed by atoms with Crippen molar-refractivity contribution in [2.45, 2.75) is 12.8 Å². The lowest BCUT2D eigenvalue weighted by molar-refractivity contribution is -0.137. The van der Waals surface area contributed by atoms with Gasteiger partial charge in [0, 0.05) is 25.4 Å². The Bertz CT molecular complexity index is 316. The minimum Gasteiger partial charge on any atom is -0.481 e. The molecule has 0 radical (unpaired) electrons. The molecule has 0 amide bonds. The quantitative estimate of drug-likeness (QED) is 0.897. The van der Waals surface area contributed by atoms with Gasteiger partial charge in [0.15, 0.2) is 5.13 Å². The molecule has 0 saturated heterocycles. The zero-order chi connectivity index (χ0) is 10.6. The summed E-state index contributed by atoms with van der Waals surface area (Å²) in [5.41, 5.74) is 0. The van der Waals surface area contributed by atoms with Gasteiger partial charge in [-0.25, -0.2) is 4.98 Å². The molecule has 4 nitrogen and oxygen atoms in total. The number of hydrogen-bond acceptors (Lipinski definition) is 4. The molecule has 0 atom stereocenters. The molecular formula is C8H11BrN2O2S. The Morgan fingerprint density at radius 1 is 1.79 bits per heavy atom. The molecule has 14 heavy (non-hydrogen) atoms. The molecule has 6 heteroatoms. The summed E-state index contributed by atoms with van der Waals surface area (Å²) in [5.74, 6) is -0.751. The lowest BCUT2D eigenvalue weighted by atomic mass is 10.3. The van der Waals surface area contributed by atoms with Crippen LogP contribution in [0.2, 0.25) is 0 Å². The summed E-state index contributed by atoms with van der Waals surface area (Å²) in [6.45, 7) is 0.715. The molecule has 0 saturated carbocycles. The molecule has 1 aromatic heterocycles. The van der Waals surface area contributed by atoms with Crippen molar-refractivity contribution in [3.63, 3.8) is 0 Å². The van der Waals surface area contributed by atoms with Crippen molar-refractivity contribution in [2.24, 2.45) is 0 Å². The van der Waals surface area contributed by atoms with Crippen molar-refractivity contribution in [3.05, 3.63) is 9.98 Å². The second-order valence-electron chi connectivity index (χ2n) is 2.87. The summed E-state index contributed by atoms with van der Waals surface area (Å²) >= 11 is 4.81. The van der Waals surface area contributed by atoms with Crippen LogP contribution in [-0.4, -0.2) is 29.7 Å². The summed E-state index contributed by atoms with van der Waals surface area (Å²) in [4.78, 5) is 16.5. The fourth-order valence-electron chi connectivity index (χ4n) is 0.984. The average molecular weight is 279 g/mol. The second kappa shape index (κ2) is 5.31. The van der Waals surface area contributed by atoms with Gasteiger partial charge in [-0.05, 0) is 22.4 Å². The number of rotatable bonds is 5. The summed E-state index contributed by atoms with van der Waals surface area (Å²) in [6, 6.07) is 0. The maximum atomic E-state index is 10.3. The second-order valence-corrected chi connectivity index (χ2v) is 4.52. The van der Waals surface area contributed by atoms with E-state index in [4.69, 9.17) is 5.11 Å². The van der Waals surface area contributed by atoms with Crippen LogP contribution < -0.4 is 4.90 Å². The van der Waals surface area contributed by atoms with Crippen molar-refractivity contribution in [2.75, 3.05) is 18.5 Å². The average Bonchev–Trinajstić information content (AvgIpc) is 2.51. The third-order valence-corrected chi connectivity index (χ3v) is 3.34. The standard InChI is InChI=1S/C8H11BrN2O2S/c1-11(4-2-3-7(12)13)8-10-6(9)5-14-8/h5H,2-4H2,1H3,(H,12,13). The van der Waals surface area contributed by atoms with Gasteiger partial charge in [-0.2, -0.15) is 0 Å². The number of carboxylic acids is 1. The summed E-state index contributed by atoms with van der Waals surface area (Å²) in [7, 11) is 1.91. The third kappa shape index (κ3) is 3.63. The fraction of sp³-hybridized carbons (Fsp3) is 0.500. The first-order valence-corrected chi connectivity index (χ1v) is 5.81. The topological polar surface area (TPSA) is 53.4 Å². The number of hydrogen-bond donors (Lipinski definition) is 1. The largest absolute Gasteiger partial charge is 0.481 e. The minimum absolute atomic E-state index is 0.205. The molecule has 1 heterocycles. The Labute approximate surface area is 94.7 Å². The van der Waals surface area contributed by atoms with Gasteiger partial charge in [-0.15, -0.1) is 11.3 Å². The molecule has 0 aliphatic carbocycles. The first-order chi connectivity index (χ1) is 6.59. The highest BCUT2D eigenvalue weighted by atomic mass is 79.9. The number of carbonyl (C=O) groups is 1. The van der Waals surface area contributed by atoms with E-state index in [0.29, 0.717) is 13.0 Å². The predicted molar refractivity (Wildman–Crippen MR) is 60.0 cm³/mol. The van der Waals surface area contributed by atoms with Crippen molar-refractivity contribution < 1.29 is 9.90 Å². The van der Waals surface area contributed by atoms with E-state index >= 15 is 0 Å². The van der Waals surface area contributed by atoms with Gasteiger partial charge >= 0.3 is 5.97 Å². The number of thiazole rings is 1. The van der Waals surface area contributed by atoms with E-state index in [-0.39, 0.29) is 6.42 Å². The van der Waals surface area contributed by atoms with E-state index < -0.39 is 5.97 Å². The molecule has 0 aliphatic rings. The number of aliphatic carboxylic acids is 1. The molecule has 0 spiro atoms. The van der Waals surface area contributed by atoms with Crippen molar-refractivity contribution in [1.29, 1.82) is 0 Å². The van der Waals surface area contributed by atoms with Crippen LogP contribution in [0.25, 0.3) is 0 Å². The predicted octanol–water partition coefficient (Wildman–Crippen LogP) is 2.21. The Morgan fingerprint density at radius 3 is 3.00 bits per heavy atom. The maximum absolute atomic E-state index is 10.3. The number of halogens is 1. The fourth-order valence-corrected chi connectivity index (χ4v) is 2.23. The number of aromatic nitrogens is 1. The maximum Gasteiger partial charge on any atom is 0.303 e. The molecule has 1 aromatic rings. The van der Waals surface area contributed by atoms with Crippen LogP contribution in [0.1, 0.15) is 12.8 Å². The first-order valence-electron chi connectivity index (χ1n) is 4.13. The van der Waals surface area contributed by atoms with E-state index in [1.807, 2.05) is 17.3 Å². The van der Waals surface area contributed by atoms with Crippen molar-refractivity contribution >= 4 is 38.4 Å². The highest BCUT2D eigenvalue weighted by Crippen LogP contribution is 2.22. The van der Waals surface area contributed by atoms with Gasteiger partial charge in [-0.1, -0.05) is 0 Å². The molecule has 1 rings (SSSR count). The molecular weight excluding hydrogens is 268 g/mol. The molecule has 78 valence electrons. The lowest BCUT2D eigenvalue weighted by Crippen LogP contribution is -2.18. The Hall–Kier alpha value is -0.620. The molecule has 0 aliphatic heterocycles. The van der Waals surface area contributed by atoms with Crippen molar-refractivity contribution in [1.82, 2.24) is 4.98 Å². The van der Waals surface area contributed by atoms with Gasteiger partial charge in [-0.3, -0.25) is 4.79 Å². The van der Waals surface area contributed by atoms with E-state index in [2.05, 4.69) is 20.9 Å². The highest BCUT2D eigenvalue weighted by molar-refractivity contribution is 9.10. The van der Waals surface area contributed by atoms with Crippen LogP contribution in [0.4, 0.5) is 5.13 Å². The Balaban J connectivity index is 2.35. The first kappa shape index (κ1) is 11.5. The molecule has 0 bridgehead atoms. The Kier molecular flexibility index (Phi) is 4.34. The van der Waals surface area contributed by atoms with Gasteiger partial charge in [0.2, 0.25) is 0 Å². The number of carboxylic acid groups (broad SMARTS) is 1. The van der Waals surface area contributed by atoms with Crippen LogP contribution in [-0.2, 0) is 4.79 Å². The van der Waals surface area contributed by atoms with Crippen LogP contribution >= 0.6 is 27.3 Å². The van der Waals surface area contributed by atoms with E-state index in [1.54, 1.807) is 0 Å². The highest BCUT2D eigenvalue weighted by Gasteiger charge is 2.06. The van der Waals surface area contributed by atoms with Crippen LogP contribution in [0.5, 0.6) is 0 Å². The van der Waals surface area contributed by atoms with Gasteiger partial charge in [0.25, 0.3) is 0 Å². The Morgan fingerprint density at radius 2 is 2.50 bits per heavy atom. The lowest BCUT2D eigenvalue weighted by Gasteiger charge is -2.14. The van der Waals surface area contributed by atoms with Crippen LogP contribution in [0, 0.1) is 0 Å². The monoisotopic (exact) mass is 278 g/mol. The SMILES string of the molecule is CN(CCCC(=O)O)c1nc(Br)cs1. The smallest absolute Gasteiger partial charge is 0.303 e. The summed E-state index contributed by atoms with van der Waals surface area (Å²) in [6.07, 6.45) is 0.847. The zero-order valence-electron chi connectivity index (χ0n) is 7.73. The van der Waals surface area contributed by atoms with Gasteiger partial charge in [0.1, 0.15) is 4.60 Å². The van der Waals surface area contributed by atoms with Crippen LogP contribution in [0.15, 0.2) is 9.98 Å². The van der Waals surface area contributed by atoms with Crippen molar-refractivity contribution in [3.8, 4) is 0 Å². The van der Waals surface area contributed by atoms with E-state index in [9.17, 15) is 4.79 Å². The van der Waals surface area contributed by atoms with E-state index in [1.165, 1.54) is 11.3 Å². The van der Waals surface area contributed by atoms with Gasteiger partial charge in [0.05, 0.1) is 0 Å². The van der Waals surface area contributed by atoms with Gasteiger partial charge < -0.3 is 10.0 Å². The third-order valence-electron chi connectivity index (χ3n) is 1.67. The molecule has 0 unspecified atom stereocenters. The normalized spacial score (nSPS) is 10.1. The summed E-state index contributed by atoms with van der Waals surface area (Å²) in [5, 5.41) is 11.3. The van der Waals surface area contributed by atoms with E-state index in [0.717, 1.165) is 9.73 Å². The molecule has 1 N–H and O–H groups in total. The molecule has 0 fully saturated rings. The zero-order valence-corrected chi connectivity index (χ0v) is 10.1. The van der Waals surface area contributed by atoms with Crippen LogP contribution in [0.3, 0.4) is 0 Å². The number of anilines is 1.